The fourth-order valence-electron chi connectivity index (χ4n) is 2.93. The lowest BCUT2D eigenvalue weighted by Gasteiger charge is -2.08. The third kappa shape index (κ3) is 3.96. The van der Waals surface area contributed by atoms with E-state index in [1.807, 2.05) is 77.5 Å². The fraction of sp³-hybridized carbons (Fsp3) is 0.0435. The molecule has 4 heteroatoms. The van der Waals surface area contributed by atoms with E-state index in [-0.39, 0.29) is 5.91 Å². The molecule has 27 heavy (non-hydrogen) atoms. The second kappa shape index (κ2) is 7.70. The van der Waals surface area contributed by atoms with Crippen LogP contribution in [0.3, 0.4) is 0 Å². The summed E-state index contributed by atoms with van der Waals surface area (Å²) in [5.41, 5.74) is 4.99. The second-order valence-corrected chi connectivity index (χ2v) is 6.26. The van der Waals surface area contributed by atoms with Gasteiger partial charge in [-0.3, -0.25) is 4.79 Å². The topological polar surface area (TPSA) is 46.9 Å². The number of nitrogens with one attached hydrogen (secondary N) is 1. The van der Waals surface area contributed by atoms with Crippen LogP contribution < -0.4 is 5.32 Å². The van der Waals surface area contributed by atoms with E-state index in [0.29, 0.717) is 12.1 Å². The highest BCUT2D eigenvalue weighted by Crippen LogP contribution is 2.19. The molecule has 0 unspecified atom stereocenters. The zero-order valence-electron chi connectivity index (χ0n) is 14.7. The number of hydrogen-bond donors (Lipinski definition) is 1. The standard InChI is InChI=1S/C23H19N3O/c27-23(21-10-8-20(9-11-21)19-4-2-1-3-5-19)25-16-18-6-12-22(13-7-18)26-15-14-24-17-26/h1-15,17H,16H2,(H,25,27). The Labute approximate surface area is 158 Å². The molecule has 4 rings (SSSR count). The van der Waals surface area contributed by atoms with Crippen LogP contribution in [0.2, 0.25) is 0 Å². The quantitative estimate of drug-likeness (QED) is 0.575. The summed E-state index contributed by atoms with van der Waals surface area (Å²) in [7, 11) is 0. The summed E-state index contributed by atoms with van der Waals surface area (Å²) in [5, 5.41) is 2.97. The van der Waals surface area contributed by atoms with Gasteiger partial charge in [-0.05, 0) is 41.0 Å². The SMILES string of the molecule is O=C(NCc1ccc(-n2ccnc2)cc1)c1ccc(-c2ccccc2)cc1. The van der Waals surface area contributed by atoms with E-state index in [2.05, 4.69) is 22.4 Å². The Bertz CT molecular complexity index is 1010. The van der Waals surface area contributed by atoms with E-state index < -0.39 is 0 Å². The minimum Gasteiger partial charge on any atom is -0.348 e. The molecule has 1 amide bonds. The predicted octanol–water partition coefficient (Wildman–Crippen LogP) is 4.47. The first-order valence-corrected chi connectivity index (χ1v) is 8.80. The van der Waals surface area contributed by atoms with Gasteiger partial charge >= 0.3 is 0 Å². The first kappa shape index (κ1) is 16.8. The van der Waals surface area contributed by atoms with Crippen molar-refractivity contribution in [2.24, 2.45) is 0 Å². The monoisotopic (exact) mass is 353 g/mol. The maximum Gasteiger partial charge on any atom is 0.251 e. The van der Waals surface area contributed by atoms with Crippen LogP contribution in [0.25, 0.3) is 16.8 Å². The van der Waals surface area contributed by atoms with Crippen LogP contribution in [0, 0.1) is 0 Å². The van der Waals surface area contributed by atoms with E-state index in [1.165, 1.54) is 0 Å². The zero-order chi connectivity index (χ0) is 18.5. The molecule has 0 saturated carbocycles. The normalized spacial score (nSPS) is 10.5. The summed E-state index contributed by atoms with van der Waals surface area (Å²) in [5.74, 6) is -0.0757. The summed E-state index contributed by atoms with van der Waals surface area (Å²) in [6.45, 7) is 0.490. The maximum atomic E-state index is 12.4. The Balaban J connectivity index is 1.38. The molecule has 0 aliphatic heterocycles. The summed E-state index contributed by atoms with van der Waals surface area (Å²) < 4.78 is 1.94. The fourth-order valence-corrected chi connectivity index (χ4v) is 2.93. The number of imidazole rings is 1. The van der Waals surface area contributed by atoms with Crippen LogP contribution in [0.5, 0.6) is 0 Å². The van der Waals surface area contributed by atoms with Gasteiger partial charge in [-0.2, -0.15) is 0 Å². The molecule has 0 saturated heterocycles. The van der Waals surface area contributed by atoms with Crippen LogP contribution in [-0.2, 0) is 6.54 Å². The van der Waals surface area contributed by atoms with Crippen molar-refractivity contribution in [3.05, 3.63) is 109 Å². The molecule has 132 valence electrons. The molecular formula is C23H19N3O. The Morgan fingerprint density at radius 1 is 0.852 bits per heavy atom. The van der Waals surface area contributed by atoms with Crippen molar-refractivity contribution in [1.82, 2.24) is 14.9 Å². The molecule has 4 aromatic rings. The van der Waals surface area contributed by atoms with Crippen LogP contribution in [0.4, 0.5) is 0 Å². The van der Waals surface area contributed by atoms with E-state index in [1.54, 1.807) is 12.5 Å². The lowest BCUT2D eigenvalue weighted by molar-refractivity contribution is 0.0951. The minimum atomic E-state index is -0.0757. The molecule has 1 aromatic heterocycles. The van der Waals surface area contributed by atoms with Crippen molar-refractivity contribution in [1.29, 1.82) is 0 Å². The van der Waals surface area contributed by atoms with E-state index in [4.69, 9.17) is 0 Å². The van der Waals surface area contributed by atoms with Gasteiger partial charge in [0.15, 0.2) is 0 Å². The van der Waals surface area contributed by atoms with E-state index in [0.717, 1.165) is 22.4 Å². The maximum absolute atomic E-state index is 12.4. The second-order valence-electron chi connectivity index (χ2n) is 6.26. The average molecular weight is 353 g/mol. The number of carbonyl (C=O) groups is 1. The van der Waals surface area contributed by atoms with E-state index >= 15 is 0 Å². The van der Waals surface area contributed by atoms with Crippen molar-refractivity contribution in [2.75, 3.05) is 0 Å². The number of aromatic nitrogens is 2. The van der Waals surface area contributed by atoms with Crippen LogP contribution >= 0.6 is 0 Å². The molecule has 1 N–H and O–H groups in total. The summed E-state index contributed by atoms with van der Waals surface area (Å²) in [6.07, 6.45) is 5.41. The highest BCUT2D eigenvalue weighted by atomic mass is 16.1. The van der Waals surface area contributed by atoms with Crippen molar-refractivity contribution in [3.63, 3.8) is 0 Å². The molecule has 0 radical (unpaired) electrons. The Morgan fingerprint density at radius 2 is 1.56 bits per heavy atom. The van der Waals surface area contributed by atoms with Gasteiger partial charge in [-0.1, -0.05) is 54.6 Å². The van der Waals surface area contributed by atoms with Crippen LogP contribution in [0.1, 0.15) is 15.9 Å². The molecule has 1 heterocycles. The third-order valence-electron chi connectivity index (χ3n) is 4.45. The van der Waals surface area contributed by atoms with Gasteiger partial charge in [0.05, 0.1) is 6.33 Å². The number of carbonyl (C=O) groups excluding carboxylic acids is 1. The zero-order valence-corrected chi connectivity index (χ0v) is 14.7. The number of nitrogens with zero attached hydrogens (tertiary/aromatic N) is 2. The summed E-state index contributed by atoms with van der Waals surface area (Å²) >= 11 is 0. The first-order valence-electron chi connectivity index (χ1n) is 8.80. The minimum absolute atomic E-state index is 0.0757. The molecule has 4 nitrogen and oxygen atoms in total. The van der Waals surface area contributed by atoms with Gasteiger partial charge in [-0.15, -0.1) is 0 Å². The molecule has 0 fully saturated rings. The van der Waals surface area contributed by atoms with Gasteiger partial charge < -0.3 is 9.88 Å². The highest BCUT2D eigenvalue weighted by molar-refractivity contribution is 5.94. The Morgan fingerprint density at radius 3 is 2.22 bits per heavy atom. The Kier molecular flexibility index (Phi) is 4.79. The van der Waals surface area contributed by atoms with Gasteiger partial charge in [0.2, 0.25) is 0 Å². The number of amides is 1. The van der Waals surface area contributed by atoms with Gasteiger partial charge in [0, 0.05) is 30.2 Å². The van der Waals surface area contributed by atoms with Gasteiger partial charge in [0.1, 0.15) is 0 Å². The molecule has 0 aliphatic rings. The Hall–Kier alpha value is -3.66. The van der Waals surface area contributed by atoms with Crippen molar-refractivity contribution in [2.45, 2.75) is 6.54 Å². The summed E-state index contributed by atoms with van der Waals surface area (Å²) in [6, 6.07) is 25.8. The predicted molar refractivity (Wildman–Crippen MR) is 107 cm³/mol. The lowest BCUT2D eigenvalue weighted by Crippen LogP contribution is -2.22. The van der Waals surface area contributed by atoms with E-state index in [9.17, 15) is 4.79 Å². The highest BCUT2D eigenvalue weighted by Gasteiger charge is 2.06. The van der Waals surface area contributed by atoms with Gasteiger partial charge in [-0.25, -0.2) is 4.98 Å². The molecule has 0 atom stereocenters. The van der Waals surface area contributed by atoms with Crippen LogP contribution in [-0.4, -0.2) is 15.5 Å². The summed E-state index contributed by atoms with van der Waals surface area (Å²) in [4.78, 5) is 16.4. The van der Waals surface area contributed by atoms with Crippen LogP contribution in [0.15, 0.2) is 97.6 Å². The number of hydrogen-bond acceptors (Lipinski definition) is 2. The smallest absolute Gasteiger partial charge is 0.251 e. The third-order valence-corrected chi connectivity index (χ3v) is 4.45. The largest absolute Gasteiger partial charge is 0.348 e. The van der Waals surface area contributed by atoms with Crippen molar-refractivity contribution in [3.8, 4) is 16.8 Å². The average Bonchev–Trinajstić information content (AvgIpc) is 3.28. The van der Waals surface area contributed by atoms with Crippen molar-refractivity contribution >= 4 is 5.91 Å². The van der Waals surface area contributed by atoms with Gasteiger partial charge in [0.25, 0.3) is 5.91 Å². The number of benzene rings is 3. The molecule has 3 aromatic carbocycles. The molecular weight excluding hydrogens is 334 g/mol. The molecule has 0 aliphatic carbocycles. The first-order chi connectivity index (χ1) is 13.3. The lowest BCUT2D eigenvalue weighted by atomic mass is 10.0. The number of rotatable bonds is 5. The van der Waals surface area contributed by atoms with Crippen molar-refractivity contribution < 1.29 is 4.79 Å². The molecule has 0 spiro atoms. The molecule has 0 bridgehead atoms.